The molecule has 4 radical (unpaired) electrons. The zero-order chi connectivity index (χ0) is 13.3. The maximum Gasteiger partial charge on any atom is 0.253 e. The molecule has 0 bridgehead atoms. The van der Waals surface area contributed by atoms with Gasteiger partial charge in [-0.05, 0) is 12.1 Å². The van der Waals surface area contributed by atoms with Crippen LogP contribution in [0.5, 0.6) is 0 Å². The van der Waals surface area contributed by atoms with Gasteiger partial charge in [-0.25, -0.2) is 8.42 Å². The number of nitrogens with one attached hydrogen (secondary N) is 1. The first-order chi connectivity index (χ1) is 8.47. The van der Waals surface area contributed by atoms with E-state index in [4.69, 9.17) is 5.84 Å². The Morgan fingerprint density at radius 2 is 1.63 bits per heavy atom. The number of hydrazine groups is 1. The summed E-state index contributed by atoms with van der Waals surface area (Å²) < 4.78 is 23.7. The number of nitrogens with zero attached hydrogens (tertiary/aromatic N) is 1. The first-order valence-electron chi connectivity index (χ1n) is 5.39. The van der Waals surface area contributed by atoms with Gasteiger partial charge in [0.05, 0.1) is 4.90 Å². The molecule has 5 nitrogen and oxygen atoms in total. The topological polar surface area (TPSA) is 75.4 Å². The minimum atomic E-state index is -3.66. The first-order valence-corrected chi connectivity index (χ1v) is 6.87. The number of rotatable bonds is 3. The zero-order valence-corrected chi connectivity index (χ0v) is 15.4. The second kappa shape index (κ2) is 6.16. The Balaban J connectivity index is 0.00000180. The van der Waals surface area contributed by atoms with Crippen molar-refractivity contribution in [2.24, 2.45) is 5.84 Å². The number of fused-ring (bicyclic) bond motifs is 1. The summed E-state index contributed by atoms with van der Waals surface area (Å²) in [7, 11) is 0.170. The monoisotopic (exact) mass is 473 g/mol. The van der Waals surface area contributed by atoms with E-state index >= 15 is 0 Å². The first kappa shape index (κ1) is 16.3. The SMILES string of the molecule is CN(C)c1cccc2c(S(=O)(=O)NN)cccc12.[Pb]. The maximum absolute atomic E-state index is 11.8. The van der Waals surface area contributed by atoms with Crippen LogP contribution in [0, 0.1) is 0 Å². The minimum absolute atomic E-state index is 0. The Kier molecular flexibility index (Phi) is 5.30. The molecular weight excluding hydrogens is 457 g/mol. The molecule has 2 rings (SSSR count). The molecule has 19 heavy (non-hydrogen) atoms. The molecule has 0 amide bonds. The van der Waals surface area contributed by atoms with Gasteiger partial charge in [0, 0.05) is 57.9 Å². The quantitative estimate of drug-likeness (QED) is 0.392. The van der Waals surface area contributed by atoms with Crippen molar-refractivity contribution in [2.75, 3.05) is 19.0 Å². The molecule has 0 atom stereocenters. The van der Waals surface area contributed by atoms with E-state index in [9.17, 15) is 8.42 Å². The normalized spacial score (nSPS) is 11.1. The molecule has 100 valence electrons. The smallest absolute Gasteiger partial charge is 0.253 e. The molecule has 0 saturated heterocycles. The predicted molar refractivity (Wildman–Crippen MR) is 78.5 cm³/mol. The number of anilines is 1. The van der Waals surface area contributed by atoms with Gasteiger partial charge in [-0.3, -0.25) is 5.84 Å². The summed E-state index contributed by atoms with van der Waals surface area (Å²) in [6.45, 7) is 0. The summed E-state index contributed by atoms with van der Waals surface area (Å²) in [4.78, 5) is 3.98. The van der Waals surface area contributed by atoms with Gasteiger partial charge >= 0.3 is 0 Å². The van der Waals surface area contributed by atoms with E-state index in [-0.39, 0.29) is 32.2 Å². The van der Waals surface area contributed by atoms with Crippen LogP contribution >= 0.6 is 0 Å². The van der Waals surface area contributed by atoms with Crippen LogP contribution < -0.4 is 15.6 Å². The van der Waals surface area contributed by atoms with Crippen LogP contribution in [0.2, 0.25) is 0 Å². The largest absolute Gasteiger partial charge is 0.377 e. The molecule has 0 spiro atoms. The Labute approximate surface area is 133 Å². The van der Waals surface area contributed by atoms with Gasteiger partial charge in [0.1, 0.15) is 0 Å². The fourth-order valence-corrected chi connectivity index (χ4v) is 2.80. The van der Waals surface area contributed by atoms with Gasteiger partial charge in [0.15, 0.2) is 0 Å². The fraction of sp³-hybridized carbons (Fsp3) is 0.167. The molecule has 0 aliphatic carbocycles. The van der Waals surface area contributed by atoms with Crippen LogP contribution in [-0.2, 0) is 10.0 Å². The number of hydrogen-bond donors (Lipinski definition) is 2. The second-order valence-electron chi connectivity index (χ2n) is 4.14. The van der Waals surface area contributed by atoms with E-state index in [0.29, 0.717) is 5.39 Å². The molecule has 2 aromatic rings. The molecule has 7 heteroatoms. The van der Waals surface area contributed by atoms with Crippen molar-refractivity contribution in [1.29, 1.82) is 0 Å². The Morgan fingerprint density at radius 3 is 2.21 bits per heavy atom. The number of benzene rings is 2. The third-order valence-corrected chi connectivity index (χ3v) is 4.03. The Hall–Kier alpha value is -0.708. The second-order valence-corrected chi connectivity index (χ2v) is 5.83. The Bertz CT molecular complexity index is 686. The summed E-state index contributed by atoms with van der Waals surface area (Å²) >= 11 is 0. The molecule has 0 aliphatic rings. The summed E-state index contributed by atoms with van der Waals surface area (Å²) in [6, 6.07) is 10.7. The van der Waals surface area contributed by atoms with Gasteiger partial charge in [0.25, 0.3) is 10.0 Å². The van der Waals surface area contributed by atoms with Crippen LogP contribution in [0.3, 0.4) is 0 Å². The van der Waals surface area contributed by atoms with Gasteiger partial charge in [-0.15, -0.1) is 0 Å². The summed E-state index contributed by atoms with van der Waals surface area (Å²) in [6.07, 6.45) is 0. The number of nitrogens with two attached hydrogens (primary N) is 1. The molecule has 0 heterocycles. The van der Waals surface area contributed by atoms with Crippen LogP contribution in [0.4, 0.5) is 5.69 Å². The van der Waals surface area contributed by atoms with Gasteiger partial charge in [0.2, 0.25) is 0 Å². The molecule has 0 aromatic heterocycles. The van der Waals surface area contributed by atoms with Crippen LogP contribution in [-0.4, -0.2) is 49.8 Å². The van der Waals surface area contributed by atoms with Crippen molar-refractivity contribution < 1.29 is 8.42 Å². The molecule has 0 unspecified atom stereocenters. The molecule has 0 fully saturated rings. The van der Waals surface area contributed by atoms with E-state index in [0.717, 1.165) is 11.1 Å². The third-order valence-electron chi connectivity index (χ3n) is 2.79. The summed E-state index contributed by atoms with van der Waals surface area (Å²) in [5.41, 5.74) is 0.960. The predicted octanol–water partition coefficient (Wildman–Crippen LogP) is 0.677. The minimum Gasteiger partial charge on any atom is -0.377 e. The van der Waals surface area contributed by atoms with E-state index in [1.165, 1.54) is 6.07 Å². The van der Waals surface area contributed by atoms with Crippen LogP contribution in [0.25, 0.3) is 10.8 Å². The van der Waals surface area contributed by atoms with Gasteiger partial charge < -0.3 is 4.90 Å². The van der Waals surface area contributed by atoms with Crippen molar-refractivity contribution in [3.63, 3.8) is 0 Å². The van der Waals surface area contributed by atoms with Crippen molar-refractivity contribution in [3.8, 4) is 0 Å². The molecular formula is C12H15N3O2PbS. The molecule has 3 N–H and O–H groups in total. The van der Waals surface area contributed by atoms with E-state index in [2.05, 4.69) is 0 Å². The van der Waals surface area contributed by atoms with Crippen molar-refractivity contribution >= 4 is 53.8 Å². The van der Waals surface area contributed by atoms with Gasteiger partial charge in [-0.1, -0.05) is 24.3 Å². The van der Waals surface area contributed by atoms with E-state index in [1.54, 1.807) is 12.1 Å². The van der Waals surface area contributed by atoms with Gasteiger partial charge in [-0.2, -0.15) is 4.83 Å². The molecule has 0 saturated carbocycles. The summed E-state index contributed by atoms with van der Waals surface area (Å²) in [5, 5.41) is 1.53. The van der Waals surface area contributed by atoms with E-state index in [1.807, 2.05) is 42.0 Å². The Morgan fingerprint density at radius 1 is 1.05 bits per heavy atom. The van der Waals surface area contributed by atoms with Crippen LogP contribution in [0.1, 0.15) is 0 Å². The van der Waals surface area contributed by atoms with Crippen LogP contribution in [0.15, 0.2) is 41.3 Å². The van der Waals surface area contributed by atoms with E-state index < -0.39 is 10.0 Å². The average molecular weight is 473 g/mol. The van der Waals surface area contributed by atoms with Crippen molar-refractivity contribution in [2.45, 2.75) is 4.90 Å². The maximum atomic E-state index is 11.8. The van der Waals surface area contributed by atoms with Crippen molar-refractivity contribution in [3.05, 3.63) is 36.4 Å². The average Bonchev–Trinajstić information content (AvgIpc) is 2.37. The fourth-order valence-electron chi connectivity index (χ4n) is 1.95. The zero-order valence-electron chi connectivity index (χ0n) is 10.7. The molecule has 0 aliphatic heterocycles. The number of sulfonamides is 1. The summed E-state index contributed by atoms with van der Waals surface area (Å²) in [5.74, 6) is 5.08. The van der Waals surface area contributed by atoms with Crippen molar-refractivity contribution in [1.82, 2.24) is 4.83 Å². The third kappa shape index (κ3) is 3.07. The molecule has 2 aromatic carbocycles. The standard InChI is InChI=1S/C12H15N3O2S.Pb/c1-15(2)11-7-3-6-10-9(11)5-4-8-12(10)18(16,17)14-13;/h3-8,14H,13H2,1-2H3;. The number of hydrogen-bond acceptors (Lipinski definition) is 4.